The van der Waals surface area contributed by atoms with Crippen LogP contribution in [-0.2, 0) is 11.2 Å². The molecule has 4 nitrogen and oxygen atoms in total. The van der Waals surface area contributed by atoms with E-state index in [-0.39, 0.29) is 12.5 Å². The summed E-state index contributed by atoms with van der Waals surface area (Å²) in [6, 6.07) is 7.30. The zero-order valence-electron chi connectivity index (χ0n) is 10.1. The molecular formula is C13H17NO3. The molecular weight excluding hydrogens is 218 g/mol. The minimum atomic E-state index is -0.992. The third-order valence-corrected chi connectivity index (χ3v) is 2.62. The number of rotatable bonds is 5. The van der Waals surface area contributed by atoms with Crippen LogP contribution in [0.2, 0.25) is 0 Å². The summed E-state index contributed by atoms with van der Waals surface area (Å²) in [6.45, 7) is 3.88. The van der Waals surface area contributed by atoms with Crippen LogP contribution in [0.3, 0.4) is 0 Å². The largest absolute Gasteiger partial charge is 0.480 e. The second-order valence-electron chi connectivity index (χ2n) is 3.72. The van der Waals surface area contributed by atoms with Crippen LogP contribution in [0.4, 0.5) is 0 Å². The van der Waals surface area contributed by atoms with E-state index < -0.39 is 5.97 Å². The molecule has 0 radical (unpaired) electrons. The van der Waals surface area contributed by atoms with Crippen molar-refractivity contribution in [1.29, 1.82) is 0 Å². The highest BCUT2D eigenvalue weighted by Crippen LogP contribution is 2.12. The Kier molecular flexibility index (Phi) is 4.69. The number of carbonyl (C=O) groups excluding carboxylic acids is 1. The average Bonchev–Trinajstić information content (AvgIpc) is 2.34. The van der Waals surface area contributed by atoms with Crippen LogP contribution in [-0.4, -0.2) is 35.0 Å². The molecule has 0 saturated heterocycles. The number of hydrogen-bond acceptors (Lipinski definition) is 2. The van der Waals surface area contributed by atoms with E-state index in [1.165, 1.54) is 4.90 Å². The first-order chi connectivity index (χ1) is 8.10. The second kappa shape index (κ2) is 6.03. The summed E-state index contributed by atoms with van der Waals surface area (Å²) in [4.78, 5) is 24.1. The molecule has 0 aliphatic rings. The highest BCUT2D eigenvalue weighted by Gasteiger charge is 2.18. The van der Waals surface area contributed by atoms with Crippen LogP contribution in [0.5, 0.6) is 0 Å². The monoisotopic (exact) mass is 235 g/mol. The molecule has 1 N–H and O–H groups in total. The van der Waals surface area contributed by atoms with Crippen molar-refractivity contribution >= 4 is 11.9 Å². The molecule has 1 aromatic carbocycles. The molecule has 1 aromatic rings. The van der Waals surface area contributed by atoms with Gasteiger partial charge in [0.05, 0.1) is 0 Å². The number of carboxylic acid groups (broad SMARTS) is 1. The number of benzene rings is 1. The van der Waals surface area contributed by atoms with Gasteiger partial charge in [0.15, 0.2) is 0 Å². The average molecular weight is 235 g/mol. The molecule has 0 saturated carbocycles. The quantitative estimate of drug-likeness (QED) is 0.846. The lowest BCUT2D eigenvalue weighted by Crippen LogP contribution is -2.35. The van der Waals surface area contributed by atoms with Crippen LogP contribution >= 0.6 is 0 Å². The van der Waals surface area contributed by atoms with Gasteiger partial charge in [-0.2, -0.15) is 0 Å². The normalized spacial score (nSPS) is 10.0. The number of carboxylic acids is 1. The first-order valence-corrected chi connectivity index (χ1v) is 5.69. The lowest BCUT2D eigenvalue weighted by Gasteiger charge is -2.19. The van der Waals surface area contributed by atoms with Crippen molar-refractivity contribution in [2.75, 3.05) is 13.1 Å². The van der Waals surface area contributed by atoms with Gasteiger partial charge in [0.1, 0.15) is 6.54 Å². The Hall–Kier alpha value is -1.84. The van der Waals surface area contributed by atoms with E-state index in [0.29, 0.717) is 12.1 Å². The first kappa shape index (κ1) is 13.2. The van der Waals surface area contributed by atoms with Crippen molar-refractivity contribution in [2.45, 2.75) is 20.3 Å². The highest BCUT2D eigenvalue weighted by atomic mass is 16.4. The highest BCUT2D eigenvalue weighted by molar-refractivity contribution is 5.97. The summed E-state index contributed by atoms with van der Waals surface area (Å²) in [5.41, 5.74) is 1.54. The van der Waals surface area contributed by atoms with Crippen LogP contribution < -0.4 is 0 Å². The maximum absolute atomic E-state index is 12.2. The van der Waals surface area contributed by atoms with E-state index in [2.05, 4.69) is 0 Å². The van der Waals surface area contributed by atoms with Gasteiger partial charge in [-0.15, -0.1) is 0 Å². The van der Waals surface area contributed by atoms with Crippen molar-refractivity contribution < 1.29 is 14.7 Å². The molecule has 92 valence electrons. The Morgan fingerprint density at radius 1 is 1.24 bits per heavy atom. The van der Waals surface area contributed by atoms with Crippen molar-refractivity contribution in [3.63, 3.8) is 0 Å². The van der Waals surface area contributed by atoms with Crippen molar-refractivity contribution in [3.05, 3.63) is 35.4 Å². The molecule has 0 aliphatic heterocycles. The lowest BCUT2D eigenvalue weighted by molar-refractivity contribution is -0.137. The summed E-state index contributed by atoms with van der Waals surface area (Å²) in [5.74, 6) is -1.21. The fourth-order valence-electron chi connectivity index (χ4n) is 1.70. The van der Waals surface area contributed by atoms with Crippen molar-refractivity contribution in [2.24, 2.45) is 0 Å². The van der Waals surface area contributed by atoms with Gasteiger partial charge in [0, 0.05) is 12.1 Å². The van der Waals surface area contributed by atoms with Gasteiger partial charge in [0.2, 0.25) is 0 Å². The Balaban J connectivity index is 2.97. The summed E-state index contributed by atoms with van der Waals surface area (Å²) < 4.78 is 0. The number of amides is 1. The molecule has 0 heterocycles. The van der Waals surface area contributed by atoms with Gasteiger partial charge in [-0.05, 0) is 25.0 Å². The third-order valence-electron chi connectivity index (χ3n) is 2.62. The number of likely N-dealkylation sites (N-methyl/N-ethyl adjacent to an activating group) is 1. The van der Waals surface area contributed by atoms with Crippen LogP contribution in [0.25, 0.3) is 0 Å². The van der Waals surface area contributed by atoms with Gasteiger partial charge in [-0.25, -0.2) is 0 Å². The molecule has 17 heavy (non-hydrogen) atoms. The van der Waals surface area contributed by atoms with Crippen LogP contribution in [0.15, 0.2) is 24.3 Å². The Labute approximate surface area is 101 Å². The molecule has 0 aromatic heterocycles. The Bertz CT molecular complexity index is 415. The van der Waals surface area contributed by atoms with E-state index in [9.17, 15) is 9.59 Å². The van der Waals surface area contributed by atoms with E-state index in [1.807, 2.05) is 19.1 Å². The molecule has 0 bridgehead atoms. The fraction of sp³-hybridized carbons (Fsp3) is 0.385. The van der Waals surface area contributed by atoms with Crippen LogP contribution in [0, 0.1) is 0 Å². The van der Waals surface area contributed by atoms with Gasteiger partial charge in [0.25, 0.3) is 5.91 Å². The standard InChI is InChI=1S/C13H17NO3/c1-3-10-7-5-6-8-11(10)13(17)14(4-2)9-12(15)16/h5-8H,3-4,9H2,1-2H3,(H,15,16). The van der Waals surface area contributed by atoms with E-state index in [4.69, 9.17) is 5.11 Å². The second-order valence-corrected chi connectivity index (χ2v) is 3.72. The zero-order chi connectivity index (χ0) is 12.8. The third kappa shape index (κ3) is 3.31. The minimum Gasteiger partial charge on any atom is -0.480 e. The van der Waals surface area contributed by atoms with Crippen LogP contribution in [0.1, 0.15) is 29.8 Å². The molecule has 0 fully saturated rings. The van der Waals surface area contributed by atoms with Gasteiger partial charge >= 0.3 is 5.97 Å². The van der Waals surface area contributed by atoms with Gasteiger partial charge < -0.3 is 10.0 Å². The Morgan fingerprint density at radius 3 is 2.41 bits per heavy atom. The molecule has 0 atom stereocenters. The predicted molar refractivity (Wildman–Crippen MR) is 65.0 cm³/mol. The van der Waals surface area contributed by atoms with Crippen molar-refractivity contribution in [1.82, 2.24) is 4.90 Å². The molecule has 0 aliphatic carbocycles. The molecule has 1 rings (SSSR count). The van der Waals surface area contributed by atoms with Gasteiger partial charge in [-0.1, -0.05) is 25.1 Å². The summed E-state index contributed by atoms with van der Waals surface area (Å²) >= 11 is 0. The summed E-state index contributed by atoms with van der Waals surface area (Å²) in [5, 5.41) is 8.74. The number of hydrogen-bond donors (Lipinski definition) is 1. The summed E-state index contributed by atoms with van der Waals surface area (Å²) in [7, 11) is 0. The lowest BCUT2D eigenvalue weighted by atomic mass is 10.0. The topological polar surface area (TPSA) is 57.6 Å². The van der Waals surface area contributed by atoms with E-state index in [0.717, 1.165) is 12.0 Å². The summed E-state index contributed by atoms with van der Waals surface area (Å²) in [6.07, 6.45) is 0.756. The molecule has 4 heteroatoms. The maximum Gasteiger partial charge on any atom is 0.323 e. The van der Waals surface area contributed by atoms with E-state index in [1.54, 1.807) is 19.1 Å². The molecule has 1 amide bonds. The minimum absolute atomic E-state index is 0.215. The zero-order valence-corrected chi connectivity index (χ0v) is 10.1. The number of nitrogens with zero attached hydrogens (tertiary/aromatic N) is 1. The molecule has 0 spiro atoms. The Morgan fingerprint density at radius 2 is 1.88 bits per heavy atom. The number of carbonyl (C=O) groups is 2. The first-order valence-electron chi connectivity index (χ1n) is 5.69. The smallest absolute Gasteiger partial charge is 0.323 e. The number of aliphatic carboxylic acids is 1. The SMILES string of the molecule is CCc1ccccc1C(=O)N(CC)CC(=O)O. The predicted octanol–water partition coefficient (Wildman–Crippen LogP) is 1.80. The fourth-order valence-corrected chi connectivity index (χ4v) is 1.70. The van der Waals surface area contributed by atoms with E-state index >= 15 is 0 Å². The number of aryl methyl sites for hydroxylation is 1. The molecule has 0 unspecified atom stereocenters. The maximum atomic E-state index is 12.2. The van der Waals surface area contributed by atoms with Gasteiger partial charge in [-0.3, -0.25) is 9.59 Å². The van der Waals surface area contributed by atoms with Crippen molar-refractivity contribution in [3.8, 4) is 0 Å².